The average molecular weight is 374 g/mol. The second-order valence-electron chi connectivity index (χ2n) is 6.15. The number of hydrogen-bond acceptors (Lipinski definition) is 4. The fourth-order valence-electron chi connectivity index (χ4n) is 2.82. The fraction of sp³-hybridized carbons (Fsp3) is 0.316. The molecule has 0 bridgehead atoms. The molecule has 0 saturated carbocycles. The molecule has 7 heteroatoms. The number of benzene rings is 2. The molecule has 3 rings (SSSR count). The summed E-state index contributed by atoms with van der Waals surface area (Å²) in [6.07, 6.45) is 0. The Kier molecular flexibility index (Phi) is 5.70. The van der Waals surface area contributed by atoms with E-state index in [1.165, 1.54) is 16.4 Å². The van der Waals surface area contributed by atoms with Gasteiger partial charge in [-0.2, -0.15) is 4.31 Å². The van der Waals surface area contributed by atoms with Crippen molar-refractivity contribution in [2.75, 3.05) is 26.3 Å². The van der Waals surface area contributed by atoms with Gasteiger partial charge in [0.1, 0.15) is 0 Å². The van der Waals surface area contributed by atoms with E-state index >= 15 is 0 Å². The molecular formula is C19H22N2O4S. The van der Waals surface area contributed by atoms with Crippen LogP contribution in [0, 0.1) is 0 Å². The molecule has 1 aliphatic heterocycles. The van der Waals surface area contributed by atoms with Gasteiger partial charge in [0, 0.05) is 18.7 Å². The van der Waals surface area contributed by atoms with Crippen LogP contribution in [0.5, 0.6) is 0 Å². The molecule has 1 atom stereocenters. The molecular weight excluding hydrogens is 352 g/mol. The Labute approximate surface area is 153 Å². The third-order valence-electron chi connectivity index (χ3n) is 4.37. The number of ether oxygens (including phenoxy) is 1. The summed E-state index contributed by atoms with van der Waals surface area (Å²) in [5, 5.41) is 2.92. The molecule has 1 saturated heterocycles. The lowest BCUT2D eigenvalue weighted by Gasteiger charge is -2.26. The summed E-state index contributed by atoms with van der Waals surface area (Å²) >= 11 is 0. The van der Waals surface area contributed by atoms with E-state index in [9.17, 15) is 13.2 Å². The topological polar surface area (TPSA) is 75.7 Å². The van der Waals surface area contributed by atoms with E-state index in [1.54, 1.807) is 12.1 Å². The molecule has 0 radical (unpaired) electrons. The Hall–Kier alpha value is -2.22. The molecule has 6 nitrogen and oxygen atoms in total. The van der Waals surface area contributed by atoms with E-state index in [-0.39, 0.29) is 16.8 Å². The lowest BCUT2D eigenvalue weighted by atomic mass is 10.1. The van der Waals surface area contributed by atoms with Crippen LogP contribution in [-0.2, 0) is 14.8 Å². The van der Waals surface area contributed by atoms with Gasteiger partial charge >= 0.3 is 0 Å². The van der Waals surface area contributed by atoms with Gasteiger partial charge in [0.05, 0.1) is 24.2 Å². The maximum atomic E-state index is 12.6. The minimum atomic E-state index is -3.55. The third kappa shape index (κ3) is 4.12. The predicted octanol–water partition coefficient (Wildman–Crippen LogP) is 2.20. The quantitative estimate of drug-likeness (QED) is 0.871. The van der Waals surface area contributed by atoms with Gasteiger partial charge < -0.3 is 10.1 Å². The number of rotatable bonds is 5. The number of nitrogens with zero attached hydrogens (tertiary/aromatic N) is 1. The fourth-order valence-corrected chi connectivity index (χ4v) is 4.23. The van der Waals surface area contributed by atoms with Crippen molar-refractivity contribution in [2.45, 2.75) is 17.9 Å². The molecule has 2 aromatic carbocycles. The summed E-state index contributed by atoms with van der Waals surface area (Å²) in [5.41, 5.74) is 1.43. The molecule has 1 fully saturated rings. The normalized spacial score (nSPS) is 16.8. The molecule has 1 unspecified atom stereocenters. The lowest BCUT2D eigenvalue weighted by Crippen LogP contribution is -2.40. The smallest absolute Gasteiger partial charge is 0.251 e. The number of amides is 1. The number of nitrogens with one attached hydrogen (secondary N) is 1. The van der Waals surface area contributed by atoms with Crippen molar-refractivity contribution in [3.05, 3.63) is 65.7 Å². The zero-order valence-electron chi connectivity index (χ0n) is 14.6. The molecule has 0 aromatic heterocycles. The van der Waals surface area contributed by atoms with Crippen molar-refractivity contribution >= 4 is 15.9 Å². The highest BCUT2D eigenvalue weighted by atomic mass is 32.2. The van der Waals surface area contributed by atoms with Crippen molar-refractivity contribution in [3.63, 3.8) is 0 Å². The number of morpholine rings is 1. The van der Waals surface area contributed by atoms with E-state index in [0.717, 1.165) is 5.56 Å². The van der Waals surface area contributed by atoms with Crippen molar-refractivity contribution in [2.24, 2.45) is 0 Å². The zero-order chi connectivity index (χ0) is 18.6. The third-order valence-corrected chi connectivity index (χ3v) is 6.28. The van der Waals surface area contributed by atoms with Gasteiger partial charge in [-0.15, -0.1) is 0 Å². The Morgan fingerprint density at radius 3 is 2.27 bits per heavy atom. The highest BCUT2D eigenvalue weighted by molar-refractivity contribution is 7.89. The average Bonchev–Trinajstić information content (AvgIpc) is 2.69. The minimum Gasteiger partial charge on any atom is -0.379 e. The van der Waals surface area contributed by atoms with Gasteiger partial charge in [-0.05, 0) is 36.8 Å². The SMILES string of the molecule is CC(NC(=O)c1ccc(S(=O)(=O)N2CCOCC2)cc1)c1ccccc1. The lowest BCUT2D eigenvalue weighted by molar-refractivity contribution is 0.0730. The predicted molar refractivity (Wildman–Crippen MR) is 98.3 cm³/mol. The highest BCUT2D eigenvalue weighted by Gasteiger charge is 2.26. The number of carbonyl (C=O) groups excluding carboxylic acids is 1. The number of sulfonamides is 1. The van der Waals surface area contributed by atoms with Crippen LogP contribution in [0.1, 0.15) is 28.9 Å². The second-order valence-corrected chi connectivity index (χ2v) is 8.08. The largest absolute Gasteiger partial charge is 0.379 e. The first-order valence-corrected chi connectivity index (χ1v) is 9.96. The minimum absolute atomic E-state index is 0.138. The Balaban J connectivity index is 1.70. The molecule has 1 N–H and O–H groups in total. The first kappa shape index (κ1) is 18.6. The number of hydrogen-bond donors (Lipinski definition) is 1. The molecule has 1 heterocycles. The van der Waals surface area contributed by atoms with Crippen molar-refractivity contribution in [1.82, 2.24) is 9.62 Å². The summed E-state index contributed by atoms with van der Waals surface area (Å²) < 4.78 is 31.8. The van der Waals surface area contributed by atoms with Crippen LogP contribution in [-0.4, -0.2) is 44.9 Å². The second kappa shape index (κ2) is 7.99. The van der Waals surface area contributed by atoms with Gasteiger partial charge in [0.2, 0.25) is 10.0 Å². The summed E-state index contributed by atoms with van der Waals surface area (Å²) in [5.74, 6) is -0.239. The van der Waals surface area contributed by atoms with E-state index in [0.29, 0.717) is 31.9 Å². The van der Waals surface area contributed by atoms with Crippen molar-refractivity contribution in [3.8, 4) is 0 Å². The van der Waals surface area contributed by atoms with Gasteiger partial charge in [0.25, 0.3) is 5.91 Å². The number of carbonyl (C=O) groups is 1. The van der Waals surface area contributed by atoms with Crippen LogP contribution in [0.4, 0.5) is 0 Å². The van der Waals surface area contributed by atoms with Crippen LogP contribution >= 0.6 is 0 Å². The van der Waals surface area contributed by atoms with Crippen LogP contribution in [0.15, 0.2) is 59.5 Å². The summed E-state index contributed by atoms with van der Waals surface area (Å²) in [7, 11) is -3.55. The van der Waals surface area contributed by atoms with E-state index < -0.39 is 10.0 Å². The molecule has 1 amide bonds. The van der Waals surface area contributed by atoms with Crippen LogP contribution in [0.25, 0.3) is 0 Å². The van der Waals surface area contributed by atoms with Gasteiger partial charge in [-0.25, -0.2) is 8.42 Å². The standard InChI is InChI=1S/C19H22N2O4S/c1-15(16-5-3-2-4-6-16)20-19(22)17-7-9-18(10-8-17)26(23,24)21-11-13-25-14-12-21/h2-10,15H,11-14H2,1H3,(H,20,22). The maximum absolute atomic E-state index is 12.6. The van der Waals surface area contributed by atoms with Gasteiger partial charge in [0.15, 0.2) is 0 Å². The Morgan fingerprint density at radius 1 is 1.04 bits per heavy atom. The Morgan fingerprint density at radius 2 is 1.65 bits per heavy atom. The first-order valence-electron chi connectivity index (χ1n) is 8.52. The molecule has 2 aromatic rings. The van der Waals surface area contributed by atoms with Crippen LogP contribution in [0.3, 0.4) is 0 Å². The highest BCUT2D eigenvalue weighted by Crippen LogP contribution is 2.18. The monoisotopic (exact) mass is 374 g/mol. The van der Waals surface area contributed by atoms with E-state index in [4.69, 9.17) is 4.74 Å². The molecule has 1 aliphatic rings. The Bertz CT molecular complexity index is 845. The zero-order valence-corrected chi connectivity index (χ0v) is 15.4. The molecule has 0 aliphatic carbocycles. The van der Waals surface area contributed by atoms with E-state index in [1.807, 2.05) is 37.3 Å². The van der Waals surface area contributed by atoms with Crippen molar-refractivity contribution < 1.29 is 17.9 Å². The van der Waals surface area contributed by atoms with Crippen LogP contribution in [0.2, 0.25) is 0 Å². The molecule has 138 valence electrons. The summed E-state index contributed by atoms with van der Waals surface area (Å²) in [6.45, 7) is 3.40. The molecule has 26 heavy (non-hydrogen) atoms. The van der Waals surface area contributed by atoms with Gasteiger partial charge in [-0.3, -0.25) is 4.79 Å². The van der Waals surface area contributed by atoms with E-state index in [2.05, 4.69) is 5.32 Å². The van der Waals surface area contributed by atoms with Crippen molar-refractivity contribution in [1.29, 1.82) is 0 Å². The summed E-state index contributed by atoms with van der Waals surface area (Å²) in [4.78, 5) is 12.6. The summed E-state index contributed by atoms with van der Waals surface area (Å²) in [6, 6.07) is 15.6. The molecule has 0 spiro atoms. The van der Waals surface area contributed by atoms with Gasteiger partial charge in [-0.1, -0.05) is 30.3 Å². The first-order chi connectivity index (χ1) is 12.5. The van der Waals surface area contributed by atoms with Crippen LogP contribution < -0.4 is 5.32 Å². The maximum Gasteiger partial charge on any atom is 0.251 e.